The summed E-state index contributed by atoms with van der Waals surface area (Å²) in [5.74, 6) is 0.604. The molecule has 0 saturated carbocycles. The van der Waals surface area contributed by atoms with E-state index in [2.05, 4.69) is 200 Å². The first-order valence-electron chi connectivity index (χ1n) is 19.4. The molecule has 2 heterocycles. The molecule has 0 N–H and O–H groups in total. The number of hydrogen-bond acceptors (Lipinski definition) is 5. The largest absolute Gasteiger partial charge is 0.456 e. The van der Waals surface area contributed by atoms with Gasteiger partial charge in [0.05, 0.1) is 0 Å². The topological polar surface area (TPSA) is 45.7 Å². The molecule has 1 aliphatic carbocycles. The highest BCUT2D eigenvalue weighted by atomic mass is 16.3. The molecule has 0 spiro atoms. The molecule has 0 atom stereocenters. The lowest BCUT2D eigenvalue weighted by Crippen LogP contribution is -2.14. The van der Waals surface area contributed by atoms with Crippen LogP contribution in [-0.4, -0.2) is 4.98 Å². The van der Waals surface area contributed by atoms with Gasteiger partial charge in [0, 0.05) is 55.9 Å². The number of oxazole rings is 1. The quantitative estimate of drug-likeness (QED) is 0.163. The van der Waals surface area contributed by atoms with E-state index in [1.54, 1.807) is 0 Å². The van der Waals surface area contributed by atoms with Crippen molar-refractivity contribution in [3.05, 3.63) is 199 Å². The maximum absolute atomic E-state index is 6.51. The summed E-state index contributed by atoms with van der Waals surface area (Å²) >= 11 is 0. The number of para-hydroxylation sites is 3. The lowest BCUT2D eigenvalue weighted by atomic mass is 9.82. The molecular weight excluding hydrogens is 699 g/mol. The van der Waals surface area contributed by atoms with E-state index in [1.807, 2.05) is 12.1 Å². The Labute approximate surface area is 330 Å². The number of rotatable bonds is 7. The molecule has 11 rings (SSSR count). The molecule has 0 radical (unpaired) electrons. The first-order chi connectivity index (χ1) is 28.0. The van der Waals surface area contributed by atoms with Gasteiger partial charge in [-0.2, -0.15) is 0 Å². The summed E-state index contributed by atoms with van der Waals surface area (Å²) in [5, 5.41) is 2.16. The van der Waals surface area contributed by atoms with Crippen molar-refractivity contribution in [2.45, 2.75) is 19.3 Å². The molecule has 0 saturated heterocycles. The highest BCUT2D eigenvalue weighted by molar-refractivity contribution is 6.06. The third-order valence-electron chi connectivity index (χ3n) is 11.5. The van der Waals surface area contributed by atoms with Crippen molar-refractivity contribution < 1.29 is 8.83 Å². The van der Waals surface area contributed by atoms with Gasteiger partial charge in [-0.25, -0.2) is 4.98 Å². The van der Waals surface area contributed by atoms with Crippen LogP contribution in [0, 0.1) is 0 Å². The van der Waals surface area contributed by atoms with Crippen LogP contribution in [0.3, 0.4) is 0 Å². The number of aromatic nitrogens is 1. The van der Waals surface area contributed by atoms with Crippen molar-refractivity contribution in [3.8, 4) is 22.6 Å². The Hall–Kier alpha value is -7.37. The lowest BCUT2D eigenvalue weighted by molar-refractivity contribution is 0.614. The van der Waals surface area contributed by atoms with Crippen molar-refractivity contribution in [1.82, 2.24) is 4.98 Å². The summed E-state index contributed by atoms with van der Waals surface area (Å²) in [6.07, 6.45) is 0. The molecule has 57 heavy (non-hydrogen) atoms. The number of nitrogens with zero attached hydrogens (tertiary/aromatic N) is 3. The van der Waals surface area contributed by atoms with Crippen molar-refractivity contribution in [2.24, 2.45) is 0 Å². The van der Waals surface area contributed by atoms with Gasteiger partial charge in [0.1, 0.15) is 16.7 Å². The van der Waals surface area contributed by atoms with E-state index in [0.29, 0.717) is 5.89 Å². The van der Waals surface area contributed by atoms with Gasteiger partial charge in [0.15, 0.2) is 5.58 Å². The minimum Gasteiger partial charge on any atom is -0.456 e. The number of furan rings is 1. The van der Waals surface area contributed by atoms with Crippen molar-refractivity contribution in [1.29, 1.82) is 0 Å². The standard InChI is InChI=1S/C52H37N3O2/c1-52(2)45-22-11-9-20-41(45)43-32-47-50(33-46(43)52)57-51(53-47)34-24-26-37(27-25-34)55(40-28-29-49-44(31-40)42-21-10-12-23-48(42)56-49)39-19-13-18-38(30-39)54(35-14-5-3-6-15-35)36-16-7-4-8-17-36/h3-33H,1-2H3. The average Bonchev–Trinajstić information content (AvgIpc) is 3.91. The minimum absolute atomic E-state index is 0.111. The molecule has 0 aliphatic heterocycles. The van der Waals surface area contributed by atoms with Crippen LogP contribution in [0.1, 0.15) is 25.0 Å². The molecule has 5 heteroatoms. The zero-order valence-electron chi connectivity index (χ0n) is 31.6. The fraction of sp³-hybridized carbons (Fsp3) is 0.0577. The van der Waals surface area contributed by atoms with E-state index in [4.69, 9.17) is 13.8 Å². The van der Waals surface area contributed by atoms with Crippen LogP contribution >= 0.6 is 0 Å². The molecule has 0 amide bonds. The summed E-state index contributed by atoms with van der Waals surface area (Å²) in [5.41, 5.74) is 15.6. The maximum Gasteiger partial charge on any atom is 0.227 e. The second kappa shape index (κ2) is 12.9. The molecule has 8 aromatic carbocycles. The highest BCUT2D eigenvalue weighted by Gasteiger charge is 2.36. The summed E-state index contributed by atoms with van der Waals surface area (Å²) in [4.78, 5) is 9.62. The number of benzene rings is 8. The van der Waals surface area contributed by atoms with Crippen LogP contribution in [0.25, 0.3) is 55.6 Å². The fourth-order valence-corrected chi connectivity index (χ4v) is 8.67. The third kappa shape index (κ3) is 5.42. The van der Waals surface area contributed by atoms with Gasteiger partial charge >= 0.3 is 0 Å². The maximum atomic E-state index is 6.51. The second-order valence-electron chi connectivity index (χ2n) is 15.2. The Kier molecular flexibility index (Phi) is 7.45. The molecule has 0 unspecified atom stereocenters. The van der Waals surface area contributed by atoms with Crippen LogP contribution in [0.4, 0.5) is 34.1 Å². The van der Waals surface area contributed by atoms with Crippen LogP contribution in [0.15, 0.2) is 197 Å². The van der Waals surface area contributed by atoms with E-state index in [-0.39, 0.29) is 5.41 Å². The highest BCUT2D eigenvalue weighted by Crippen LogP contribution is 2.50. The number of fused-ring (bicyclic) bond motifs is 7. The first-order valence-corrected chi connectivity index (χ1v) is 19.4. The fourth-order valence-electron chi connectivity index (χ4n) is 8.67. The Morgan fingerprint density at radius 3 is 1.74 bits per heavy atom. The van der Waals surface area contributed by atoms with E-state index in [0.717, 1.165) is 72.7 Å². The van der Waals surface area contributed by atoms with Crippen molar-refractivity contribution >= 4 is 67.2 Å². The molecule has 1 aliphatic rings. The van der Waals surface area contributed by atoms with Gasteiger partial charge in [-0.3, -0.25) is 0 Å². The van der Waals surface area contributed by atoms with Crippen LogP contribution < -0.4 is 9.80 Å². The van der Waals surface area contributed by atoms with E-state index in [1.165, 1.54) is 22.3 Å². The first kappa shape index (κ1) is 33.0. The van der Waals surface area contributed by atoms with Gasteiger partial charge in [0.2, 0.25) is 5.89 Å². The Bertz CT molecular complexity index is 3070. The van der Waals surface area contributed by atoms with Gasteiger partial charge in [0.25, 0.3) is 0 Å². The molecule has 0 bridgehead atoms. The van der Waals surface area contributed by atoms with Gasteiger partial charge in [-0.1, -0.05) is 98.8 Å². The molecule has 2 aromatic heterocycles. The van der Waals surface area contributed by atoms with E-state index >= 15 is 0 Å². The summed E-state index contributed by atoms with van der Waals surface area (Å²) in [6.45, 7) is 4.57. The molecule has 0 fully saturated rings. The SMILES string of the molecule is CC1(C)c2ccccc2-c2cc3nc(-c4ccc(N(c5cccc(N(c6ccccc6)c6ccccc6)c5)c5ccc6oc7ccccc7c6c5)cc4)oc3cc21. The van der Waals surface area contributed by atoms with Crippen molar-refractivity contribution in [2.75, 3.05) is 9.80 Å². The third-order valence-corrected chi connectivity index (χ3v) is 11.5. The average molecular weight is 736 g/mol. The predicted molar refractivity (Wildman–Crippen MR) is 234 cm³/mol. The van der Waals surface area contributed by atoms with Crippen LogP contribution in [0.2, 0.25) is 0 Å². The van der Waals surface area contributed by atoms with E-state index < -0.39 is 0 Å². The Morgan fingerprint density at radius 1 is 0.404 bits per heavy atom. The van der Waals surface area contributed by atoms with E-state index in [9.17, 15) is 0 Å². The zero-order chi connectivity index (χ0) is 38.1. The number of hydrogen-bond donors (Lipinski definition) is 0. The monoisotopic (exact) mass is 735 g/mol. The minimum atomic E-state index is -0.111. The molecule has 5 nitrogen and oxygen atoms in total. The Morgan fingerprint density at radius 2 is 0.982 bits per heavy atom. The normalized spacial score (nSPS) is 12.9. The number of anilines is 6. The summed E-state index contributed by atoms with van der Waals surface area (Å²) in [7, 11) is 0. The van der Waals surface area contributed by atoms with Gasteiger partial charge in [-0.05, 0) is 125 Å². The molecular formula is C52H37N3O2. The van der Waals surface area contributed by atoms with Gasteiger partial charge < -0.3 is 18.6 Å². The van der Waals surface area contributed by atoms with Crippen LogP contribution in [0.5, 0.6) is 0 Å². The Balaban J connectivity index is 1.03. The lowest BCUT2D eigenvalue weighted by Gasteiger charge is -2.29. The van der Waals surface area contributed by atoms with Crippen molar-refractivity contribution in [3.63, 3.8) is 0 Å². The molecule has 10 aromatic rings. The molecule has 272 valence electrons. The summed E-state index contributed by atoms with van der Waals surface area (Å²) in [6, 6.07) is 66.0. The smallest absolute Gasteiger partial charge is 0.227 e. The van der Waals surface area contributed by atoms with Gasteiger partial charge in [-0.15, -0.1) is 0 Å². The zero-order valence-corrected chi connectivity index (χ0v) is 31.6. The van der Waals surface area contributed by atoms with Crippen LogP contribution in [-0.2, 0) is 5.41 Å². The summed E-state index contributed by atoms with van der Waals surface area (Å²) < 4.78 is 12.8. The predicted octanol–water partition coefficient (Wildman–Crippen LogP) is 14.6. The second-order valence-corrected chi connectivity index (χ2v) is 15.2.